The molecule has 0 saturated carbocycles. The van der Waals surface area contributed by atoms with Crippen molar-refractivity contribution >= 4 is 15.9 Å². The fourth-order valence-electron chi connectivity index (χ4n) is 4.91. The van der Waals surface area contributed by atoms with Crippen LogP contribution in [0.5, 0.6) is 0 Å². The first-order chi connectivity index (χ1) is 13.4. The molecule has 4 heteroatoms. The minimum atomic E-state index is -0.109. The highest BCUT2D eigenvalue weighted by atomic mass is 79.9. The molecule has 0 aliphatic carbocycles. The number of nitrogens with zero attached hydrogens (tertiary/aromatic N) is 1. The van der Waals surface area contributed by atoms with E-state index in [2.05, 4.69) is 60.7 Å². The molecule has 0 aliphatic rings. The van der Waals surface area contributed by atoms with Gasteiger partial charge in [0.1, 0.15) is 0 Å². The zero-order valence-corrected chi connectivity index (χ0v) is 20.5. The van der Waals surface area contributed by atoms with Crippen LogP contribution in [-0.4, -0.2) is 15.0 Å². The van der Waals surface area contributed by atoms with Gasteiger partial charge >= 0.3 is 0 Å². The van der Waals surface area contributed by atoms with Gasteiger partial charge in [0.25, 0.3) is 5.56 Å². The summed E-state index contributed by atoms with van der Waals surface area (Å²) in [5.74, 6) is 1.11. The zero-order valence-electron chi connectivity index (χ0n) is 18.9. The van der Waals surface area contributed by atoms with Crippen molar-refractivity contribution in [1.82, 2.24) is 10.2 Å². The quantitative estimate of drug-likeness (QED) is 0.221. The van der Waals surface area contributed by atoms with E-state index >= 15 is 0 Å². The summed E-state index contributed by atoms with van der Waals surface area (Å²) in [5, 5.41) is 7.28. The summed E-state index contributed by atoms with van der Waals surface area (Å²) >= 11 is 3.87. The van der Waals surface area contributed by atoms with E-state index in [1.807, 2.05) is 6.07 Å². The molecule has 0 bridgehead atoms. The smallest absolute Gasteiger partial charge is 0.264 e. The fourth-order valence-corrected chi connectivity index (χ4v) is 5.56. The first-order valence-electron chi connectivity index (χ1n) is 11.6. The minimum absolute atomic E-state index is 0.0431. The van der Waals surface area contributed by atoms with E-state index in [-0.39, 0.29) is 11.0 Å². The molecule has 1 aromatic heterocycles. The monoisotopic (exact) mass is 454 g/mol. The van der Waals surface area contributed by atoms with Gasteiger partial charge in [0, 0.05) is 16.3 Å². The van der Waals surface area contributed by atoms with Gasteiger partial charge in [-0.25, -0.2) is 5.10 Å². The van der Waals surface area contributed by atoms with Gasteiger partial charge in [-0.2, -0.15) is 5.10 Å². The maximum Gasteiger partial charge on any atom is 0.264 e. The van der Waals surface area contributed by atoms with Crippen molar-refractivity contribution in [3.8, 4) is 0 Å². The number of aromatic amines is 1. The number of unbranched alkanes of at least 4 members (excludes halogenated alkanes) is 2. The molecule has 0 saturated heterocycles. The first kappa shape index (κ1) is 25.4. The molecule has 162 valence electrons. The van der Waals surface area contributed by atoms with Crippen LogP contribution in [-0.2, 0) is 5.41 Å². The van der Waals surface area contributed by atoms with Crippen LogP contribution < -0.4 is 5.56 Å². The number of hydrogen-bond donors (Lipinski definition) is 1. The lowest BCUT2D eigenvalue weighted by atomic mass is 9.60. The molecule has 0 aromatic carbocycles. The van der Waals surface area contributed by atoms with E-state index in [0.29, 0.717) is 16.7 Å². The molecule has 1 aromatic rings. The van der Waals surface area contributed by atoms with Crippen molar-refractivity contribution in [3.05, 3.63) is 28.2 Å². The Bertz CT molecular complexity index is 560. The molecule has 1 heterocycles. The molecule has 1 rings (SSSR count). The second kappa shape index (κ2) is 13.6. The predicted molar refractivity (Wildman–Crippen MR) is 125 cm³/mol. The van der Waals surface area contributed by atoms with Crippen molar-refractivity contribution in [2.75, 3.05) is 0 Å². The Morgan fingerprint density at radius 3 is 2.11 bits per heavy atom. The molecule has 0 radical (unpaired) electrons. The van der Waals surface area contributed by atoms with E-state index < -0.39 is 0 Å². The summed E-state index contributed by atoms with van der Waals surface area (Å²) in [7, 11) is 0. The third-order valence-corrected chi connectivity index (χ3v) is 7.33. The molecule has 0 spiro atoms. The number of rotatable bonds is 15. The summed E-state index contributed by atoms with van der Waals surface area (Å²) in [6.45, 7) is 11.5. The van der Waals surface area contributed by atoms with Crippen molar-refractivity contribution < 1.29 is 0 Å². The van der Waals surface area contributed by atoms with Crippen LogP contribution in [0, 0.1) is 11.8 Å². The highest BCUT2D eigenvalue weighted by molar-refractivity contribution is 9.09. The van der Waals surface area contributed by atoms with Gasteiger partial charge in [0.2, 0.25) is 0 Å². The highest BCUT2D eigenvalue weighted by Gasteiger charge is 2.43. The van der Waals surface area contributed by atoms with E-state index in [0.717, 1.165) is 12.1 Å². The number of hydrogen-bond acceptors (Lipinski definition) is 2. The fraction of sp³-hybridized carbons (Fsp3) is 0.833. The lowest BCUT2D eigenvalue weighted by Gasteiger charge is -2.44. The first-order valence-corrected chi connectivity index (χ1v) is 12.5. The molecular formula is C24H43BrN2O. The maximum atomic E-state index is 11.6. The van der Waals surface area contributed by atoms with Crippen molar-refractivity contribution in [3.63, 3.8) is 0 Å². The molecule has 0 fully saturated rings. The van der Waals surface area contributed by atoms with Crippen LogP contribution in [0.3, 0.4) is 0 Å². The molecule has 2 unspecified atom stereocenters. The van der Waals surface area contributed by atoms with Gasteiger partial charge in [0.15, 0.2) is 0 Å². The van der Waals surface area contributed by atoms with Crippen LogP contribution in [0.15, 0.2) is 16.9 Å². The molecule has 3 nitrogen and oxygen atoms in total. The number of H-pyrrole nitrogens is 1. The summed E-state index contributed by atoms with van der Waals surface area (Å²) in [5.41, 5.74) is 1.03. The lowest BCUT2D eigenvalue weighted by molar-refractivity contribution is 0.142. The van der Waals surface area contributed by atoms with Crippen LogP contribution in [0.1, 0.15) is 111 Å². The van der Waals surface area contributed by atoms with E-state index in [1.54, 1.807) is 6.07 Å². The maximum absolute atomic E-state index is 11.6. The number of halogens is 1. The molecule has 0 amide bonds. The second-order valence-electron chi connectivity index (χ2n) is 8.76. The van der Waals surface area contributed by atoms with Gasteiger partial charge in [-0.05, 0) is 50.0 Å². The van der Waals surface area contributed by atoms with Crippen LogP contribution in [0.25, 0.3) is 0 Å². The Labute approximate surface area is 181 Å². The van der Waals surface area contributed by atoms with Gasteiger partial charge in [-0.15, -0.1) is 0 Å². The Morgan fingerprint density at radius 1 is 0.964 bits per heavy atom. The van der Waals surface area contributed by atoms with E-state index in [1.165, 1.54) is 64.2 Å². The largest absolute Gasteiger partial charge is 0.268 e. The molecule has 1 N–H and O–H groups in total. The molecule has 28 heavy (non-hydrogen) atoms. The second-order valence-corrected chi connectivity index (χ2v) is 10.1. The number of alkyl halides is 1. The van der Waals surface area contributed by atoms with Gasteiger partial charge in [-0.3, -0.25) is 4.79 Å². The average molecular weight is 456 g/mol. The summed E-state index contributed by atoms with van der Waals surface area (Å²) in [6, 6.07) is 3.65. The normalized spacial score (nSPS) is 15.1. The standard InChI is InChI=1S/C24H43BrN2O/c1-6-9-14-21(25)15-10-11-18-24(19(4)5,20(12-7-2)13-8-3)22-16-17-23(28)27-26-22/h16-17,19-21H,6-15,18H2,1-5H3,(H,27,28). The van der Waals surface area contributed by atoms with Crippen molar-refractivity contribution in [2.24, 2.45) is 11.8 Å². The lowest BCUT2D eigenvalue weighted by Crippen LogP contribution is -2.42. The SMILES string of the molecule is CCCCC(Br)CCCCC(c1ccc(=O)[nH]n1)(C(C)C)C(CCC)CCC. The van der Waals surface area contributed by atoms with Crippen LogP contribution >= 0.6 is 15.9 Å². The third kappa shape index (κ3) is 7.31. The van der Waals surface area contributed by atoms with Gasteiger partial charge in [0.05, 0.1) is 5.69 Å². The van der Waals surface area contributed by atoms with Gasteiger partial charge in [-0.1, -0.05) is 89.1 Å². The number of aromatic nitrogens is 2. The Kier molecular flexibility index (Phi) is 12.3. The zero-order chi connectivity index (χ0) is 21.0. The van der Waals surface area contributed by atoms with Crippen molar-refractivity contribution in [1.29, 1.82) is 0 Å². The number of nitrogens with one attached hydrogen (secondary N) is 1. The third-order valence-electron chi connectivity index (χ3n) is 6.42. The molecule has 2 atom stereocenters. The minimum Gasteiger partial charge on any atom is -0.268 e. The predicted octanol–water partition coefficient (Wildman–Crippen LogP) is 7.39. The van der Waals surface area contributed by atoms with Crippen molar-refractivity contribution in [2.45, 2.75) is 115 Å². The molecular weight excluding hydrogens is 412 g/mol. The summed E-state index contributed by atoms with van der Waals surface area (Å²) in [4.78, 5) is 12.3. The summed E-state index contributed by atoms with van der Waals surface area (Å²) < 4.78 is 0. The topological polar surface area (TPSA) is 45.8 Å². The van der Waals surface area contributed by atoms with Crippen LogP contribution in [0.4, 0.5) is 0 Å². The molecule has 0 aliphatic heterocycles. The van der Waals surface area contributed by atoms with Crippen LogP contribution in [0.2, 0.25) is 0 Å². The van der Waals surface area contributed by atoms with E-state index in [9.17, 15) is 4.79 Å². The summed E-state index contributed by atoms with van der Waals surface area (Å²) in [6.07, 6.45) is 13.6. The Hall–Kier alpha value is -0.640. The average Bonchev–Trinajstić information content (AvgIpc) is 2.67. The van der Waals surface area contributed by atoms with E-state index in [4.69, 9.17) is 0 Å². The highest BCUT2D eigenvalue weighted by Crippen LogP contribution is 2.46. The Balaban J connectivity index is 3.04. The Morgan fingerprint density at radius 2 is 1.61 bits per heavy atom. The van der Waals surface area contributed by atoms with Gasteiger partial charge < -0.3 is 0 Å².